The summed E-state index contributed by atoms with van der Waals surface area (Å²) >= 11 is 0. The van der Waals surface area contributed by atoms with Crippen molar-refractivity contribution in [1.29, 1.82) is 0 Å². The highest BCUT2D eigenvalue weighted by molar-refractivity contribution is 5.95. The Morgan fingerprint density at radius 2 is 2.00 bits per heavy atom. The van der Waals surface area contributed by atoms with Crippen LogP contribution in [0.15, 0.2) is 24.3 Å². The van der Waals surface area contributed by atoms with Crippen molar-refractivity contribution >= 4 is 17.5 Å². The Hall–Kier alpha value is -2.08. The molecule has 0 heterocycles. The lowest BCUT2D eigenvalue weighted by atomic mass is 10.2. The minimum atomic E-state index is -0.159. The topological polar surface area (TPSA) is 79.5 Å². The number of anilines is 1. The van der Waals surface area contributed by atoms with E-state index >= 15 is 0 Å². The largest absolute Gasteiger partial charge is 0.383 e. The van der Waals surface area contributed by atoms with Crippen molar-refractivity contribution in [2.75, 3.05) is 38.7 Å². The van der Waals surface area contributed by atoms with Gasteiger partial charge >= 0.3 is 0 Å². The van der Waals surface area contributed by atoms with Crippen LogP contribution < -0.4 is 16.0 Å². The molecule has 22 heavy (non-hydrogen) atoms. The van der Waals surface area contributed by atoms with Gasteiger partial charge in [0.05, 0.1) is 13.2 Å². The Morgan fingerprint density at radius 1 is 1.18 bits per heavy atom. The summed E-state index contributed by atoms with van der Waals surface area (Å²) in [6.07, 6.45) is 2.02. The summed E-state index contributed by atoms with van der Waals surface area (Å²) in [6.45, 7) is 3.90. The molecule has 6 heteroatoms. The van der Waals surface area contributed by atoms with E-state index in [4.69, 9.17) is 4.74 Å². The van der Waals surface area contributed by atoms with Crippen molar-refractivity contribution in [3.63, 3.8) is 0 Å². The number of carbonyl (C=O) groups excluding carboxylic acids is 2. The summed E-state index contributed by atoms with van der Waals surface area (Å²) in [5, 5.41) is 8.60. The third-order valence-corrected chi connectivity index (χ3v) is 3.02. The van der Waals surface area contributed by atoms with Gasteiger partial charge in [0.1, 0.15) is 0 Å². The Bertz CT molecular complexity index is 477. The Labute approximate surface area is 131 Å². The first kappa shape index (κ1) is 18.0. The van der Waals surface area contributed by atoms with Crippen molar-refractivity contribution in [3.05, 3.63) is 29.8 Å². The minimum absolute atomic E-state index is 0.0524. The van der Waals surface area contributed by atoms with Crippen LogP contribution in [0.5, 0.6) is 0 Å². The highest BCUT2D eigenvalue weighted by atomic mass is 16.5. The van der Waals surface area contributed by atoms with Gasteiger partial charge in [0.25, 0.3) is 5.91 Å². The monoisotopic (exact) mass is 307 g/mol. The molecule has 0 aliphatic carbocycles. The van der Waals surface area contributed by atoms with Crippen LogP contribution in [0.1, 0.15) is 30.1 Å². The van der Waals surface area contributed by atoms with Crippen molar-refractivity contribution in [2.45, 2.75) is 19.8 Å². The quantitative estimate of drug-likeness (QED) is 0.571. The van der Waals surface area contributed by atoms with Gasteiger partial charge in [-0.25, -0.2) is 0 Å². The second-order valence-electron chi connectivity index (χ2n) is 4.89. The number of rotatable bonds is 10. The average Bonchev–Trinajstić information content (AvgIpc) is 2.53. The van der Waals surface area contributed by atoms with E-state index in [-0.39, 0.29) is 18.4 Å². The summed E-state index contributed by atoms with van der Waals surface area (Å²) in [7, 11) is 1.59. The van der Waals surface area contributed by atoms with E-state index < -0.39 is 0 Å². The van der Waals surface area contributed by atoms with Crippen molar-refractivity contribution in [2.24, 2.45) is 0 Å². The third kappa shape index (κ3) is 7.08. The molecule has 0 fully saturated rings. The Balaban J connectivity index is 2.43. The summed E-state index contributed by atoms with van der Waals surface area (Å²) < 4.78 is 4.89. The zero-order valence-electron chi connectivity index (χ0n) is 13.3. The molecule has 0 aromatic heterocycles. The maximum absolute atomic E-state index is 11.9. The van der Waals surface area contributed by atoms with Gasteiger partial charge in [-0.1, -0.05) is 19.4 Å². The maximum Gasteiger partial charge on any atom is 0.251 e. The van der Waals surface area contributed by atoms with Crippen molar-refractivity contribution < 1.29 is 14.3 Å². The van der Waals surface area contributed by atoms with Crippen LogP contribution in [0.25, 0.3) is 0 Å². The third-order valence-electron chi connectivity index (χ3n) is 3.02. The Morgan fingerprint density at radius 3 is 2.73 bits per heavy atom. The maximum atomic E-state index is 11.9. The number of unbranched alkanes of at least 4 members (excludes halogenated alkanes) is 1. The molecule has 6 nitrogen and oxygen atoms in total. The lowest BCUT2D eigenvalue weighted by Gasteiger charge is -2.09. The molecule has 0 atom stereocenters. The SMILES string of the molecule is CCCCNC(=O)CNc1cccc(C(=O)NCCOC)c1. The molecule has 0 spiro atoms. The van der Waals surface area contributed by atoms with Crippen molar-refractivity contribution in [1.82, 2.24) is 10.6 Å². The van der Waals surface area contributed by atoms with Crippen LogP contribution in [-0.2, 0) is 9.53 Å². The molecule has 0 bridgehead atoms. The summed E-state index contributed by atoms with van der Waals surface area (Å²) in [4.78, 5) is 23.5. The molecule has 1 aromatic rings. The van der Waals surface area contributed by atoms with Gasteiger partial charge in [-0.2, -0.15) is 0 Å². The van der Waals surface area contributed by atoms with Crippen LogP contribution >= 0.6 is 0 Å². The van der Waals surface area contributed by atoms with Gasteiger partial charge in [-0.3, -0.25) is 9.59 Å². The zero-order valence-corrected chi connectivity index (χ0v) is 13.3. The Kier molecular flexibility index (Phi) is 8.67. The van der Waals surface area contributed by atoms with E-state index in [1.807, 2.05) is 6.07 Å². The summed E-state index contributed by atoms with van der Waals surface area (Å²) in [6, 6.07) is 7.06. The van der Waals surface area contributed by atoms with Gasteiger partial charge in [0.2, 0.25) is 5.91 Å². The number of ether oxygens (including phenoxy) is 1. The van der Waals surface area contributed by atoms with E-state index in [0.29, 0.717) is 25.3 Å². The van der Waals surface area contributed by atoms with Gasteiger partial charge in [-0.15, -0.1) is 0 Å². The van der Waals surface area contributed by atoms with E-state index in [1.165, 1.54) is 0 Å². The lowest BCUT2D eigenvalue weighted by Crippen LogP contribution is -2.30. The average molecular weight is 307 g/mol. The van der Waals surface area contributed by atoms with Crippen LogP contribution in [0, 0.1) is 0 Å². The van der Waals surface area contributed by atoms with E-state index in [0.717, 1.165) is 18.5 Å². The first-order valence-electron chi connectivity index (χ1n) is 7.55. The molecular formula is C16H25N3O3. The smallest absolute Gasteiger partial charge is 0.251 e. The highest BCUT2D eigenvalue weighted by Gasteiger charge is 2.06. The van der Waals surface area contributed by atoms with Crippen LogP contribution in [0.2, 0.25) is 0 Å². The van der Waals surface area contributed by atoms with E-state index in [2.05, 4.69) is 22.9 Å². The molecule has 0 radical (unpaired) electrons. The molecule has 0 aliphatic heterocycles. The van der Waals surface area contributed by atoms with Gasteiger partial charge in [-0.05, 0) is 24.6 Å². The van der Waals surface area contributed by atoms with Crippen LogP contribution in [0.3, 0.4) is 0 Å². The first-order chi connectivity index (χ1) is 10.7. The normalized spacial score (nSPS) is 10.1. The van der Waals surface area contributed by atoms with Gasteiger partial charge in [0.15, 0.2) is 0 Å². The fraction of sp³-hybridized carbons (Fsp3) is 0.500. The second-order valence-corrected chi connectivity index (χ2v) is 4.89. The summed E-state index contributed by atoms with van der Waals surface area (Å²) in [5.41, 5.74) is 1.29. The fourth-order valence-corrected chi connectivity index (χ4v) is 1.79. The zero-order chi connectivity index (χ0) is 16.2. The molecule has 122 valence electrons. The molecule has 2 amide bonds. The van der Waals surface area contributed by atoms with Gasteiger partial charge < -0.3 is 20.7 Å². The van der Waals surface area contributed by atoms with E-state index in [9.17, 15) is 9.59 Å². The number of methoxy groups -OCH3 is 1. The number of amides is 2. The van der Waals surface area contributed by atoms with Crippen LogP contribution in [0.4, 0.5) is 5.69 Å². The van der Waals surface area contributed by atoms with Gasteiger partial charge in [0, 0.05) is 31.5 Å². The molecule has 0 aliphatic rings. The molecule has 0 saturated heterocycles. The number of nitrogens with one attached hydrogen (secondary N) is 3. The molecule has 1 rings (SSSR count). The molecule has 3 N–H and O–H groups in total. The van der Waals surface area contributed by atoms with E-state index in [1.54, 1.807) is 25.3 Å². The fourth-order valence-electron chi connectivity index (χ4n) is 1.79. The standard InChI is InChI=1S/C16H25N3O3/c1-3-4-8-17-15(20)12-19-14-7-5-6-13(11-14)16(21)18-9-10-22-2/h5-7,11,19H,3-4,8-10,12H2,1-2H3,(H,17,20)(H,18,21). The minimum Gasteiger partial charge on any atom is -0.383 e. The number of hydrogen-bond donors (Lipinski definition) is 3. The number of benzene rings is 1. The molecule has 1 aromatic carbocycles. The molecular weight excluding hydrogens is 282 g/mol. The number of carbonyl (C=O) groups is 2. The van der Waals surface area contributed by atoms with Crippen molar-refractivity contribution in [3.8, 4) is 0 Å². The second kappa shape index (κ2) is 10.6. The molecule has 0 saturated carbocycles. The first-order valence-corrected chi connectivity index (χ1v) is 7.55. The predicted molar refractivity (Wildman–Crippen MR) is 87.1 cm³/mol. The molecule has 0 unspecified atom stereocenters. The highest BCUT2D eigenvalue weighted by Crippen LogP contribution is 2.10. The number of hydrogen-bond acceptors (Lipinski definition) is 4. The van der Waals surface area contributed by atoms with Crippen LogP contribution in [-0.4, -0.2) is 45.2 Å². The summed E-state index contributed by atoms with van der Waals surface area (Å²) in [5.74, 6) is -0.212. The lowest BCUT2D eigenvalue weighted by molar-refractivity contribution is -0.119. The predicted octanol–water partition coefficient (Wildman–Crippen LogP) is 1.39.